The summed E-state index contributed by atoms with van der Waals surface area (Å²) in [5.41, 5.74) is 9.05. The Morgan fingerprint density at radius 1 is 1.06 bits per heavy atom. The van der Waals surface area contributed by atoms with E-state index in [4.69, 9.17) is 5.73 Å². The van der Waals surface area contributed by atoms with Crippen LogP contribution in [0, 0.1) is 0 Å². The molecule has 1 aromatic carbocycles. The van der Waals surface area contributed by atoms with Crippen molar-refractivity contribution >= 4 is 5.69 Å². The van der Waals surface area contributed by atoms with Crippen LogP contribution < -0.4 is 11.1 Å². The van der Waals surface area contributed by atoms with Gasteiger partial charge in [0.15, 0.2) is 0 Å². The summed E-state index contributed by atoms with van der Waals surface area (Å²) in [6.07, 6.45) is 3.63. The van der Waals surface area contributed by atoms with Crippen LogP contribution in [0.4, 0.5) is 5.69 Å². The van der Waals surface area contributed by atoms with Gasteiger partial charge in [-0.15, -0.1) is 0 Å². The zero-order chi connectivity index (χ0) is 11.2. The first kappa shape index (κ1) is 10.6. The molecule has 16 heavy (non-hydrogen) atoms. The van der Waals surface area contributed by atoms with Crippen LogP contribution in [0.15, 0.2) is 48.8 Å². The van der Waals surface area contributed by atoms with Gasteiger partial charge in [-0.25, -0.2) is 0 Å². The molecule has 0 saturated carbocycles. The molecular weight excluding hydrogens is 198 g/mol. The second-order valence-corrected chi connectivity index (χ2v) is 3.57. The lowest BCUT2D eigenvalue weighted by Crippen LogP contribution is -2.06. The van der Waals surface area contributed by atoms with Gasteiger partial charge in [-0.3, -0.25) is 4.98 Å². The number of para-hydroxylation sites is 1. The molecule has 0 spiro atoms. The quantitative estimate of drug-likeness (QED) is 0.818. The van der Waals surface area contributed by atoms with E-state index in [2.05, 4.69) is 10.3 Å². The predicted molar refractivity (Wildman–Crippen MR) is 65.9 cm³/mol. The lowest BCUT2D eigenvalue weighted by molar-refractivity contribution is 0.989. The van der Waals surface area contributed by atoms with E-state index in [0.29, 0.717) is 6.54 Å². The molecule has 0 atom stereocenters. The van der Waals surface area contributed by atoms with Gasteiger partial charge in [-0.05, 0) is 29.3 Å². The maximum absolute atomic E-state index is 5.66. The number of hydrogen-bond acceptors (Lipinski definition) is 3. The van der Waals surface area contributed by atoms with Crippen molar-refractivity contribution in [3.05, 3.63) is 59.9 Å². The Hall–Kier alpha value is -1.87. The molecule has 82 valence electrons. The second-order valence-electron chi connectivity index (χ2n) is 3.57. The van der Waals surface area contributed by atoms with Gasteiger partial charge in [0.25, 0.3) is 0 Å². The zero-order valence-corrected chi connectivity index (χ0v) is 9.06. The standard InChI is InChI=1S/C13H15N3/c14-8-11-6-7-15-9-12(11)10-16-13-4-2-1-3-5-13/h1-7,9,16H,8,10,14H2. The first-order chi connectivity index (χ1) is 7.90. The fourth-order valence-electron chi connectivity index (χ4n) is 1.57. The van der Waals surface area contributed by atoms with Crippen molar-refractivity contribution < 1.29 is 0 Å². The Balaban J connectivity index is 2.05. The number of aromatic nitrogens is 1. The van der Waals surface area contributed by atoms with E-state index in [0.717, 1.165) is 23.4 Å². The highest BCUT2D eigenvalue weighted by Crippen LogP contribution is 2.10. The van der Waals surface area contributed by atoms with Crippen molar-refractivity contribution in [1.29, 1.82) is 0 Å². The third-order valence-electron chi connectivity index (χ3n) is 2.48. The number of benzene rings is 1. The van der Waals surface area contributed by atoms with Gasteiger partial charge in [0.2, 0.25) is 0 Å². The van der Waals surface area contributed by atoms with Crippen LogP contribution in [0.2, 0.25) is 0 Å². The molecule has 0 saturated heterocycles. The fourth-order valence-corrected chi connectivity index (χ4v) is 1.57. The van der Waals surface area contributed by atoms with Gasteiger partial charge >= 0.3 is 0 Å². The van der Waals surface area contributed by atoms with Gasteiger partial charge in [0.05, 0.1) is 0 Å². The molecule has 0 aliphatic carbocycles. The summed E-state index contributed by atoms with van der Waals surface area (Å²) in [5.74, 6) is 0. The fraction of sp³-hybridized carbons (Fsp3) is 0.154. The summed E-state index contributed by atoms with van der Waals surface area (Å²) < 4.78 is 0. The van der Waals surface area contributed by atoms with Crippen molar-refractivity contribution in [2.75, 3.05) is 5.32 Å². The Morgan fingerprint density at radius 2 is 1.88 bits per heavy atom. The highest BCUT2D eigenvalue weighted by molar-refractivity contribution is 5.43. The maximum atomic E-state index is 5.66. The number of nitrogens with one attached hydrogen (secondary N) is 1. The number of nitrogens with two attached hydrogens (primary N) is 1. The lowest BCUT2D eigenvalue weighted by atomic mass is 10.1. The molecule has 2 rings (SSSR count). The molecule has 0 aliphatic heterocycles. The number of hydrogen-bond donors (Lipinski definition) is 2. The number of pyridine rings is 1. The van der Waals surface area contributed by atoms with Crippen molar-refractivity contribution in [3.63, 3.8) is 0 Å². The molecule has 0 aliphatic rings. The van der Waals surface area contributed by atoms with E-state index in [9.17, 15) is 0 Å². The summed E-state index contributed by atoms with van der Waals surface area (Å²) in [6.45, 7) is 1.30. The highest BCUT2D eigenvalue weighted by atomic mass is 14.9. The Labute approximate surface area is 95.3 Å². The summed E-state index contributed by atoms with van der Waals surface area (Å²) >= 11 is 0. The molecule has 3 N–H and O–H groups in total. The van der Waals surface area contributed by atoms with Crippen LogP contribution in [0.3, 0.4) is 0 Å². The summed E-state index contributed by atoms with van der Waals surface area (Å²) in [5, 5.41) is 3.34. The minimum absolute atomic E-state index is 0.550. The highest BCUT2D eigenvalue weighted by Gasteiger charge is 1.99. The Kier molecular flexibility index (Phi) is 3.51. The third kappa shape index (κ3) is 2.58. The predicted octanol–water partition coefficient (Wildman–Crippen LogP) is 2.15. The van der Waals surface area contributed by atoms with E-state index >= 15 is 0 Å². The van der Waals surface area contributed by atoms with Crippen LogP contribution >= 0.6 is 0 Å². The van der Waals surface area contributed by atoms with Crippen LogP contribution in [0.1, 0.15) is 11.1 Å². The molecule has 3 nitrogen and oxygen atoms in total. The molecule has 1 aromatic heterocycles. The van der Waals surface area contributed by atoms with Crippen LogP contribution in [-0.4, -0.2) is 4.98 Å². The normalized spacial score (nSPS) is 10.1. The van der Waals surface area contributed by atoms with Crippen molar-refractivity contribution in [2.24, 2.45) is 5.73 Å². The van der Waals surface area contributed by atoms with Crippen LogP contribution in [0.5, 0.6) is 0 Å². The van der Waals surface area contributed by atoms with Gasteiger partial charge in [-0.2, -0.15) is 0 Å². The monoisotopic (exact) mass is 213 g/mol. The molecule has 0 bridgehead atoms. The number of nitrogens with zero attached hydrogens (tertiary/aromatic N) is 1. The minimum Gasteiger partial charge on any atom is -0.381 e. The average Bonchev–Trinajstić information content (AvgIpc) is 2.38. The smallest absolute Gasteiger partial charge is 0.0419 e. The Bertz CT molecular complexity index is 440. The largest absolute Gasteiger partial charge is 0.381 e. The molecule has 0 amide bonds. The van der Waals surface area contributed by atoms with Crippen molar-refractivity contribution in [1.82, 2.24) is 4.98 Å². The lowest BCUT2D eigenvalue weighted by Gasteiger charge is -2.09. The maximum Gasteiger partial charge on any atom is 0.0419 e. The van der Waals surface area contributed by atoms with E-state index < -0.39 is 0 Å². The van der Waals surface area contributed by atoms with E-state index in [1.165, 1.54) is 0 Å². The van der Waals surface area contributed by atoms with Gasteiger partial charge < -0.3 is 11.1 Å². The molecule has 1 heterocycles. The second kappa shape index (κ2) is 5.28. The first-order valence-corrected chi connectivity index (χ1v) is 5.31. The average molecular weight is 213 g/mol. The third-order valence-corrected chi connectivity index (χ3v) is 2.48. The molecule has 3 heteroatoms. The van der Waals surface area contributed by atoms with E-state index in [1.54, 1.807) is 6.20 Å². The minimum atomic E-state index is 0.550. The summed E-state index contributed by atoms with van der Waals surface area (Å²) in [7, 11) is 0. The van der Waals surface area contributed by atoms with Crippen LogP contribution in [-0.2, 0) is 13.1 Å². The molecular formula is C13H15N3. The molecule has 0 unspecified atom stereocenters. The topological polar surface area (TPSA) is 50.9 Å². The Morgan fingerprint density at radius 3 is 2.62 bits per heavy atom. The number of rotatable bonds is 4. The van der Waals surface area contributed by atoms with Gasteiger partial charge in [0, 0.05) is 31.2 Å². The summed E-state index contributed by atoms with van der Waals surface area (Å²) in [4.78, 5) is 4.11. The molecule has 0 radical (unpaired) electrons. The molecule has 0 fully saturated rings. The van der Waals surface area contributed by atoms with Crippen molar-refractivity contribution in [3.8, 4) is 0 Å². The number of anilines is 1. The van der Waals surface area contributed by atoms with Crippen molar-refractivity contribution in [2.45, 2.75) is 13.1 Å². The SMILES string of the molecule is NCc1ccncc1CNc1ccccc1. The van der Waals surface area contributed by atoms with Gasteiger partial charge in [-0.1, -0.05) is 18.2 Å². The van der Waals surface area contributed by atoms with E-state index in [-0.39, 0.29) is 0 Å². The van der Waals surface area contributed by atoms with Crippen LogP contribution in [0.25, 0.3) is 0 Å². The molecule has 2 aromatic rings. The zero-order valence-electron chi connectivity index (χ0n) is 9.06. The first-order valence-electron chi connectivity index (χ1n) is 5.31. The van der Waals surface area contributed by atoms with E-state index in [1.807, 2.05) is 42.6 Å². The summed E-state index contributed by atoms with van der Waals surface area (Å²) in [6, 6.07) is 12.1. The van der Waals surface area contributed by atoms with Gasteiger partial charge in [0.1, 0.15) is 0 Å².